The lowest BCUT2D eigenvalue weighted by Crippen LogP contribution is -2.28. The minimum atomic E-state index is -0.505. The number of nitrogens with zero attached hydrogens (tertiary/aromatic N) is 1. The maximum absolute atomic E-state index is 13.1. The normalized spacial score (nSPS) is 16.8. The van der Waals surface area contributed by atoms with Crippen LogP contribution in [0.2, 0.25) is 0 Å². The molecule has 0 aliphatic carbocycles. The first-order chi connectivity index (χ1) is 16.4. The molecule has 0 atom stereocenters. The van der Waals surface area contributed by atoms with E-state index in [-0.39, 0.29) is 5.78 Å². The van der Waals surface area contributed by atoms with Gasteiger partial charge in [-0.25, -0.2) is 0 Å². The fourth-order valence-electron chi connectivity index (χ4n) is 4.26. The van der Waals surface area contributed by atoms with Crippen LogP contribution in [0.4, 0.5) is 0 Å². The number of methoxy groups -OCH3 is 2. The highest BCUT2D eigenvalue weighted by atomic mass is 16.5. The number of ketones is 1. The minimum absolute atomic E-state index is 0.141. The number of carbonyl (C=O) groups is 1. The molecule has 1 saturated heterocycles. The first-order valence-corrected chi connectivity index (χ1v) is 11.7. The van der Waals surface area contributed by atoms with Crippen molar-refractivity contribution in [3.63, 3.8) is 0 Å². The Balaban J connectivity index is 1.51. The van der Waals surface area contributed by atoms with E-state index in [1.54, 1.807) is 38.5 Å². The molecule has 0 spiro atoms. The van der Waals surface area contributed by atoms with Crippen LogP contribution in [0, 0.1) is 0 Å². The molecule has 0 bridgehead atoms. The molecule has 1 fully saturated rings. The van der Waals surface area contributed by atoms with E-state index in [0.717, 1.165) is 30.8 Å². The zero-order chi connectivity index (χ0) is 24.1. The monoisotopic (exact) mass is 463 g/mol. The highest BCUT2D eigenvalue weighted by Crippen LogP contribution is 2.40. The highest BCUT2D eigenvalue weighted by molar-refractivity contribution is 6.09. The molecule has 2 aliphatic rings. The van der Waals surface area contributed by atoms with Gasteiger partial charge in [-0.2, -0.15) is 0 Å². The highest BCUT2D eigenvalue weighted by Gasteiger charge is 2.27. The van der Waals surface area contributed by atoms with E-state index in [2.05, 4.69) is 4.90 Å². The Hall–Kier alpha value is -3.25. The van der Waals surface area contributed by atoms with Gasteiger partial charge in [-0.3, -0.25) is 9.69 Å². The standard InChI is InChI=1S/C28H33NO5/c1-28(2)14-13-22-24(31-3)12-9-21(27(22)34-28)23(30)10-7-20-8-11-25(32-4)26(19-20)33-18-17-29-15-5-6-16-29/h7-14,19H,5-6,15-18H2,1-4H3. The summed E-state index contributed by atoms with van der Waals surface area (Å²) in [4.78, 5) is 15.5. The fraction of sp³-hybridized carbons (Fsp3) is 0.393. The number of carbonyl (C=O) groups excluding carboxylic acids is 1. The summed E-state index contributed by atoms with van der Waals surface area (Å²) < 4.78 is 23.1. The molecule has 180 valence electrons. The van der Waals surface area contributed by atoms with Gasteiger partial charge in [0.15, 0.2) is 17.3 Å². The molecule has 2 aromatic rings. The third-order valence-electron chi connectivity index (χ3n) is 6.14. The summed E-state index contributed by atoms with van der Waals surface area (Å²) in [7, 11) is 3.24. The second kappa shape index (κ2) is 10.3. The van der Waals surface area contributed by atoms with Crippen molar-refractivity contribution in [3.8, 4) is 23.0 Å². The minimum Gasteiger partial charge on any atom is -0.496 e. The lowest BCUT2D eigenvalue weighted by atomic mass is 9.97. The van der Waals surface area contributed by atoms with E-state index >= 15 is 0 Å². The first-order valence-electron chi connectivity index (χ1n) is 11.7. The van der Waals surface area contributed by atoms with Crippen LogP contribution in [-0.2, 0) is 0 Å². The number of likely N-dealkylation sites (tertiary alicyclic amines) is 1. The average Bonchev–Trinajstić information content (AvgIpc) is 3.35. The Bertz CT molecular complexity index is 1100. The molecular formula is C28H33NO5. The number of hydrogen-bond acceptors (Lipinski definition) is 6. The van der Waals surface area contributed by atoms with E-state index in [4.69, 9.17) is 18.9 Å². The molecule has 0 radical (unpaired) electrons. The molecule has 0 saturated carbocycles. The topological polar surface area (TPSA) is 57.2 Å². The van der Waals surface area contributed by atoms with Crippen LogP contribution in [0.1, 0.15) is 48.2 Å². The van der Waals surface area contributed by atoms with E-state index < -0.39 is 5.60 Å². The molecule has 0 unspecified atom stereocenters. The second-order valence-electron chi connectivity index (χ2n) is 9.10. The van der Waals surface area contributed by atoms with Crippen molar-refractivity contribution in [2.45, 2.75) is 32.3 Å². The van der Waals surface area contributed by atoms with E-state index in [0.29, 0.717) is 35.2 Å². The molecular weight excluding hydrogens is 430 g/mol. The van der Waals surface area contributed by atoms with Crippen molar-refractivity contribution in [2.75, 3.05) is 40.5 Å². The molecule has 0 amide bonds. The Morgan fingerprint density at radius 1 is 1.06 bits per heavy atom. The van der Waals surface area contributed by atoms with Gasteiger partial charge in [0.05, 0.1) is 25.3 Å². The van der Waals surface area contributed by atoms with Crippen LogP contribution >= 0.6 is 0 Å². The quantitative estimate of drug-likeness (QED) is 0.374. The predicted octanol–water partition coefficient (Wildman–Crippen LogP) is 5.26. The van der Waals surface area contributed by atoms with Gasteiger partial charge in [0.2, 0.25) is 0 Å². The van der Waals surface area contributed by atoms with Gasteiger partial charge in [-0.15, -0.1) is 0 Å². The summed E-state index contributed by atoms with van der Waals surface area (Å²) >= 11 is 0. The predicted molar refractivity (Wildman–Crippen MR) is 134 cm³/mol. The lowest BCUT2D eigenvalue weighted by Gasteiger charge is -2.29. The maximum atomic E-state index is 13.1. The molecule has 0 N–H and O–H groups in total. The molecule has 4 rings (SSSR count). The molecule has 2 aliphatic heterocycles. The molecule has 0 aromatic heterocycles. The number of ether oxygens (including phenoxy) is 4. The Labute approximate surface area is 201 Å². The van der Waals surface area contributed by atoms with Gasteiger partial charge < -0.3 is 18.9 Å². The van der Waals surface area contributed by atoms with Crippen molar-refractivity contribution >= 4 is 17.9 Å². The van der Waals surface area contributed by atoms with Gasteiger partial charge in [0.25, 0.3) is 0 Å². The van der Waals surface area contributed by atoms with Crippen molar-refractivity contribution in [1.82, 2.24) is 4.90 Å². The van der Waals surface area contributed by atoms with Crippen LogP contribution in [0.15, 0.2) is 42.5 Å². The van der Waals surface area contributed by atoms with Crippen LogP contribution in [0.25, 0.3) is 12.2 Å². The molecule has 2 heterocycles. The van der Waals surface area contributed by atoms with E-state index in [1.807, 2.05) is 44.2 Å². The van der Waals surface area contributed by atoms with Gasteiger partial charge in [0.1, 0.15) is 23.7 Å². The summed E-state index contributed by atoms with van der Waals surface area (Å²) in [5, 5.41) is 0. The lowest BCUT2D eigenvalue weighted by molar-refractivity contribution is 0.103. The van der Waals surface area contributed by atoms with Crippen molar-refractivity contribution < 1.29 is 23.7 Å². The molecule has 34 heavy (non-hydrogen) atoms. The largest absolute Gasteiger partial charge is 0.496 e. The summed E-state index contributed by atoms with van der Waals surface area (Å²) in [6.45, 7) is 7.68. The van der Waals surface area contributed by atoms with Crippen LogP contribution in [0.5, 0.6) is 23.0 Å². The van der Waals surface area contributed by atoms with Crippen LogP contribution in [-0.4, -0.2) is 56.7 Å². The third kappa shape index (κ3) is 5.45. The smallest absolute Gasteiger partial charge is 0.189 e. The van der Waals surface area contributed by atoms with E-state index in [1.165, 1.54) is 12.8 Å². The third-order valence-corrected chi connectivity index (χ3v) is 6.14. The number of allylic oxidation sites excluding steroid dienone is 1. The Kier molecular flexibility index (Phi) is 7.27. The van der Waals surface area contributed by atoms with Crippen molar-refractivity contribution in [3.05, 3.63) is 59.2 Å². The Morgan fingerprint density at radius 3 is 2.53 bits per heavy atom. The van der Waals surface area contributed by atoms with Crippen LogP contribution in [0.3, 0.4) is 0 Å². The SMILES string of the molecule is COc1ccc(C=CC(=O)c2ccc(OC)c3c2OC(C)(C)C=C3)cc1OCCN1CCCC1. The number of benzene rings is 2. The summed E-state index contributed by atoms with van der Waals surface area (Å²) in [6, 6.07) is 9.22. The number of hydrogen-bond donors (Lipinski definition) is 0. The molecule has 2 aromatic carbocycles. The first kappa shape index (κ1) is 23.9. The molecule has 6 nitrogen and oxygen atoms in total. The second-order valence-corrected chi connectivity index (χ2v) is 9.10. The van der Waals surface area contributed by atoms with Crippen molar-refractivity contribution in [2.24, 2.45) is 0 Å². The average molecular weight is 464 g/mol. The Morgan fingerprint density at radius 2 is 1.79 bits per heavy atom. The van der Waals surface area contributed by atoms with Gasteiger partial charge in [-0.05, 0) is 87.8 Å². The number of fused-ring (bicyclic) bond motifs is 1. The van der Waals surface area contributed by atoms with Crippen molar-refractivity contribution in [1.29, 1.82) is 0 Å². The van der Waals surface area contributed by atoms with Gasteiger partial charge in [-0.1, -0.05) is 12.1 Å². The summed E-state index contributed by atoms with van der Waals surface area (Å²) in [6.07, 6.45) is 9.78. The number of rotatable bonds is 9. The zero-order valence-electron chi connectivity index (χ0n) is 20.4. The van der Waals surface area contributed by atoms with Gasteiger partial charge >= 0.3 is 0 Å². The zero-order valence-corrected chi connectivity index (χ0v) is 20.4. The van der Waals surface area contributed by atoms with Gasteiger partial charge in [0, 0.05) is 6.54 Å². The maximum Gasteiger partial charge on any atom is 0.189 e. The fourth-order valence-corrected chi connectivity index (χ4v) is 4.26. The van der Waals surface area contributed by atoms with Crippen LogP contribution < -0.4 is 18.9 Å². The summed E-state index contributed by atoms with van der Waals surface area (Å²) in [5.74, 6) is 2.43. The van der Waals surface area contributed by atoms with E-state index in [9.17, 15) is 4.79 Å². The molecule has 6 heteroatoms. The summed E-state index contributed by atoms with van der Waals surface area (Å²) in [5.41, 5.74) is 1.63.